The molecule has 0 fully saturated rings. The van der Waals surface area contributed by atoms with Gasteiger partial charge in [0.25, 0.3) is 0 Å². The van der Waals surface area contributed by atoms with Crippen molar-refractivity contribution in [2.75, 3.05) is 19.6 Å². The lowest BCUT2D eigenvalue weighted by Crippen LogP contribution is -2.43. The number of nitrogens with one attached hydrogen (secondary N) is 2. The third-order valence-electron chi connectivity index (χ3n) is 2.95. The quantitative estimate of drug-likeness (QED) is 0.410. The lowest BCUT2D eigenvalue weighted by Gasteiger charge is -2.20. The molecule has 1 rings (SSSR count). The minimum Gasteiger partial charge on any atom is -0.359 e. The fourth-order valence-corrected chi connectivity index (χ4v) is 1.80. The maximum absolute atomic E-state index is 12.0. The molecule has 0 aromatic heterocycles. The lowest BCUT2D eigenvalue weighted by atomic mass is 10.2. The van der Waals surface area contributed by atoms with Gasteiger partial charge in [-0.2, -0.15) is 0 Å². The van der Waals surface area contributed by atoms with Gasteiger partial charge in [0.15, 0.2) is 0 Å². The van der Waals surface area contributed by atoms with E-state index in [-0.39, 0.29) is 0 Å². The second-order valence-corrected chi connectivity index (χ2v) is 4.49. The Kier molecular flexibility index (Phi) is 7.56. The van der Waals surface area contributed by atoms with Gasteiger partial charge in [-0.25, -0.2) is 0 Å². The molecule has 0 unspecified atom stereocenters. The summed E-state index contributed by atoms with van der Waals surface area (Å²) >= 11 is 0. The van der Waals surface area contributed by atoms with Gasteiger partial charge in [-0.05, 0) is 18.9 Å². The van der Waals surface area contributed by atoms with E-state index in [9.17, 15) is 14.4 Å². The summed E-state index contributed by atoms with van der Waals surface area (Å²) in [5, 5.41) is 5.05. The summed E-state index contributed by atoms with van der Waals surface area (Å²) in [6.45, 7) is 3.54. The number of nitrogens with zero attached hydrogens (tertiary/aromatic N) is 1. The number of rotatable bonds is 8. The van der Waals surface area contributed by atoms with Crippen molar-refractivity contribution in [3.63, 3.8) is 0 Å². The zero-order valence-electron chi connectivity index (χ0n) is 12.2. The van der Waals surface area contributed by atoms with Crippen LogP contribution in [-0.4, -0.2) is 42.8 Å². The topological polar surface area (TPSA) is 78.5 Å². The molecule has 6 nitrogen and oxygen atoms in total. The number of hydrogen-bond acceptors (Lipinski definition) is 3. The highest BCUT2D eigenvalue weighted by atomic mass is 16.2. The standard InChI is InChI=1S/C15H21N3O3/c1-2-18(11-13-7-4-3-5-8-13)15(21)14(20)17-10-6-9-16-12-19/h3-5,7-8,12H,2,6,9-11H2,1H3,(H,16,19)(H,17,20). The van der Waals surface area contributed by atoms with Gasteiger partial charge in [-0.1, -0.05) is 30.3 Å². The van der Waals surface area contributed by atoms with Crippen molar-refractivity contribution >= 4 is 18.2 Å². The third-order valence-corrected chi connectivity index (χ3v) is 2.95. The first kappa shape index (κ1) is 16.7. The van der Waals surface area contributed by atoms with Gasteiger partial charge >= 0.3 is 11.8 Å². The van der Waals surface area contributed by atoms with Gasteiger partial charge in [0.1, 0.15) is 0 Å². The van der Waals surface area contributed by atoms with Crippen LogP contribution in [0.2, 0.25) is 0 Å². The summed E-state index contributed by atoms with van der Waals surface area (Å²) < 4.78 is 0. The molecule has 1 aromatic rings. The van der Waals surface area contributed by atoms with Crippen molar-refractivity contribution in [2.45, 2.75) is 19.9 Å². The highest BCUT2D eigenvalue weighted by Crippen LogP contribution is 2.04. The Morgan fingerprint density at radius 2 is 1.90 bits per heavy atom. The Hall–Kier alpha value is -2.37. The maximum Gasteiger partial charge on any atom is 0.312 e. The van der Waals surface area contributed by atoms with Gasteiger partial charge in [0, 0.05) is 26.2 Å². The Morgan fingerprint density at radius 3 is 2.52 bits per heavy atom. The number of carbonyl (C=O) groups excluding carboxylic acids is 3. The van der Waals surface area contributed by atoms with Crippen molar-refractivity contribution in [2.24, 2.45) is 0 Å². The lowest BCUT2D eigenvalue weighted by molar-refractivity contribution is -0.146. The Labute approximate surface area is 124 Å². The van der Waals surface area contributed by atoms with E-state index in [1.165, 1.54) is 4.90 Å². The van der Waals surface area contributed by atoms with E-state index < -0.39 is 11.8 Å². The average molecular weight is 291 g/mol. The van der Waals surface area contributed by atoms with E-state index in [0.29, 0.717) is 39.0 Å². The van der Waals surface area contributed by atoms with Crippen molar-refractivity contribution in [1.29, 1.82) is 0 Å². The molecule has 0 aliphatic carbocycles. The van der Waals surface area contributed by atoms with Crippen LogP contribution in [0.3, 0.4) is 0 Å². The minimum absolute atomic E-state index is 0.355. The summed E-state index contributed by atoms with van der Waals surface area (Å²) in [7, 11) is 0. The molecule has 0 heterocycles. The Bertz CT molecular complexity index is 462. The van der Waals surface area contributed by atoms with Gasteiger partial charge < -0.3 is 15.5 Å². The van der Waals surface area contributed by atoms with Gasteiger partial charge in [-0.15, -0.1) is 0 Å². The van der Waals surface area contributed by atoms with Crippen LogP contribution in [-0.2, 0) is 20.9 Å². The van der Waals surface area contributed by atoms with E-state index >= 15 is 0 Å². The van der Waals surface area contributed by atoms with Crippen LogP contribution in [0.25, 0.3) is 0 Å². The molecule has 0 spiro atoms. The molecule has 0 aliphatic heterocycles. The van der Waals surface area contributed by atoms with E-state index in [2.05, 4.69) is 10.6 Å². The Morgan fingerprint density at radius 1 is 1.19 bits per heavy atom. The highest BCUT2D eigenvalue weighted by Gasteiger charge is 2.20. The summed E-state index contributed by atoms with van der Waals surface area (Å²) in [6.07, 6.45) is 1.19. The predicted molar refractivity (Wildman–Crippen MR) is 79.2 cm³/mol. The second-order valence-electron chi connectivity index (χ2n) is 4.49. The van der Waals surface area contributed by atoms with Gasteiger partial charge in [-0.3, -0.25) is 14.4 Å². The van der Waals surface area contributed by atoms with Crippen molar-refractivity contribution in [3.05, 3.63) is 35.9 Å². The maximum atomic E-state index is 12.0. The predicted octanol–water partition coefficient (Wildman–Crippen LogP) is 0.287. The first-order valence-corrected chi connectivity index (χ1v) is 6.97. The van der Waals surface area contributed by atoms with Crippen LogP contribution in [0.5, 0.6) is 0 Å². The fourth-order valence-electron chi connectivity index (χ4n) is 1.80. The van der Waals surface area contributed by atoms with Crippen LogP contribution >= 0.6 is 0 Å². The van der Waals surface area contributed by atoms with E-state index in [1.807, 2.05) is 37.3 Å². The van der Waals surface area contributed by atoms with Crippen molar-refractivity contribution in [3.8, 4) is 0 Å². The molecule has 114 valence electrons. The largest absolute Gasteiger partial charge is 0.359 e. The van der Waals surface area contributed by atoms with Crippen molar-refractivity contribution in [1.82, 2.24) is 15.5 Å². The SMILES string of the molecule is CCN(Cc1ccccc1)C(=O)C(=O)NCCCNC=O. The van der Waals surface area contributed by atoms with E-state index in [0.717, 1.165) is 5.56 Å². The van der Waals surface area contributed by atoms with E-state index in [4.69, 9.17) is 0 Å². The number of hydrogen-bond donors (Lipinski definition) is 2. The molecule has 3 amide bonds. The van der Waals surface area contributed by atoms with Gasteiger partial charge in [0.05, 0.1) is 0 Å². The second kappa shape index (κ2) is 9.52. The zero-order chi connectivity index (χ0) is 15.5. The molecule has 1 aromatic carbocycles. The molecule has 0 aliphatic rings. The first-order valence-electron chi connectivity index (χ1n) is 6.97. The van der Waals surface area contributed by atoms with Crippen LogP contribution in [0.1, 0.15) is 18.9 Å². The molecule has 0 bridgehead atoms. The smallest absolute Gasteiger partial charge is 0.312 e. The normalized spacial score (nSPS) is 9.76. The molecule has 21 heavy (non-hydrogen) atoms. The third kappa shape index (κ3) is 6.07. The monoisotopic (exact) mass is 291 g/mol. The summed E-state index contributed by atoms with van der Waals surface area (Å²) in [4.78, 5) is 35.4. The molecule has 0 radical (unpaired) electrons. The van der Waals surface area contributed by atoms with Crippen molar-refractivity contribution < 1.29 is 14.4 Å². The average Bonchev–Trinajstić information content (AvgIpc) is 2.52. The minimum atomic E-state index is -0.612. The first-order chi connectivity index (χ1) is 10.2. The van der Waals surface area contributed by atoms with E-state index in [1.54, 1.807) is 0 Å². The van der Waals surface area contributed by atoms with Crippen LogP contribution in [0.4, 0.5) is 0 Å². The summed E-state index contributed by atoms with van der Waals surface area (Å²) in [5.74, 6) is -1.15. The number of carbonyl (C=O) groups is 3. The molecule has 0 atom stereocenters. The Balaban J connectivity index is 2.42. The number of amides is 3. The van der Waals surface area contributed by atoms with Crippen LogP contribution < -0.4 is 10.6 Å². The number of likely N-dealkylation sites (N-methyl/N-ethyl adjacent to an activating group) is 1. The zero-order valence-corrected chi connectivity index (χ0v) is 12.2. The molecular weight excluding hydrogens is 270 g/mol. The highest BCUT2D eigenvalue weighted by molar-refractivity contribution is 6.34. The molecular formula is C15H21N3O3. The molecule has 2 N–H and O–H groups in total. The molecule has 6 heteroatoms. The van der Waals surface area contributed by atoms with Crippen LogP contribution in [0, 0.1) is 0 Å². The summed E-state index contributed by atoms with van der Waals surface area (Å²) in [5.41, 5.74) is 0.982. The molecule has 0 saturated carbocycles. The van der Waals surface area contributed by atoms with Gasteiger partial charge in [0.2, 0.25) is 6.41 Å². The van der Waals surface area contributed by atoms with Crippen LogP contribution in [0.15, 0.2) is 30.3 Å². The fraction of sp³-hybridized carbons (Fsp3) is 0.400. The molecule has 0 saturated heterocycles. The summed E-state index contributed by atoms with van der Waals surface area (Å²) in [6, 6.07) is 9.53. The number of benzene rings is 1.